The zero-order valence-corrected chi connectivity index (χ0v) is 14.0. The third kappa shape index (κ3) is 2.89. The normalized spacial score (nSPS) is 18.2. The molecule has 1 heterocycles. The third-order valence-electron chi connectivity index (χ3n) is 3.22. The van der Waals surface area contributed by atoms with Gasteiger partial charge in [0, 0.05) is 26.2 Å². The van der Waals surface area contributed by atoms with Crippen molar-refractivity contribution >= 4 is 28.9 Å². The van der Waals surface area contributed by atoms with Crippen molar-refractivity contribution < 1.29 is 19.0 Å². The number of nitrogens with zero attached hydrogens (tertiary/aromatic N) is 2. The van der Waals surface area contributed by atoms with Gasteiger partial charge in [0.25, 0.3) is 5.91 Å². The van der Waals surface area contributed by atoms with E-state index in [-0.39, 0.29) is 5.91 Å². The van der Waals surface area contributed by atoms with Gasteiger partial charge >= 0.3 is 0 Å². The van der Waals surface area contributed by atoms with Crippen LogP contribution in [0.25, 0.3) is 6.08 Å². The third-order valence-corrected chi connectivity index (χ3v) is 4.37. The fourth-order valence-corrected chi connectivity index (χ4v) is 2.96. The number of thioether (sulfide) groups is 1. The molecule has 1 saturated heterocycles. The molecule has 0 saturated carbocycles. The SMILES string of the molecule is CN=C1S/C(=C\c2c(OC)cc(OC)cc2OC)C(=O)N1C. The van der Waals surface area contributed by atoms with Gasteiger partial charge in [-0.1, -0.05) is 0 Å². The van der Waals surface area contributed by atoms with Crippen molar-refractivity contribution in [2.45, 2.75) is 0 Å². The van der Waals surface area contributed by atoms with E-state index in [9.17, 15) is 4.79 Å². The highest BCUT2D eigenvalue weighted by molar-refractivity contribution is 8.18. The number of hydrogen-bond donors (Lipinski definition) is 0. The second kappa shape index (κ2) is 6.74. The first-order valence-electron chi connectivity index (χ1n) is 6.50. The molecule has 0 spiro atoms. The molecule has 0 aromatic heterocycles. The Kier molecular flexibility index (Phi) is 4.97. The fourth-order valence-electron chi connectivity index (χ4n) is 2.06. The number of ether oxygens (including phenoxy) is 3. The molecule has 0 N–H and O–H groups in total. The minimum absolute atomic E-state index is 0.106. The number of aliphatic imine (C=N–C) groups is 1. The summed E-state index contributed by atoms with van der Waals surface area (Å²) in [5, 5.41) is 0.655. The van der Waals surface area contributed by atoms with E-state index in [1.54, 1.807) is 53.6 Å². The van der Waals surface area contributed by atoms with Gasteiger partial charge in [0.05, 0.1) is 31.8 Å². The van der Waals surface area contributed by atoms with Gasteiger partial charge in [-0.25, -0.2) is 0 Å². The Labute approximate surface area is 133 Å². The summed E-state index contributed by atoms with van der Waals surface area (Å²) in [6, 6.07) is 3.50. The summed E-state index contributed by atoms with van der Waals surface area (Å²) in [5.74, 6) is 1.66. The van der Waals surface area contributed by atoms with Crippen LogP contribution in [0.3, 0.4) is 0 Å². The lowest BCUT2D eigenvalue weighted by Gasteiger charge is -2.13. The number of benzene rings is 1. The summed E-state index contributed by atoms with van der Waals surface area (Å²) in [4.78, 5) is 18.4. The highest BCUT2D eigenvalue weighted by Crippen LogP contribution is 2.39. The van der Waals surface area contributed by atoms with Crippen molar-refractivity contribution in [2.24, 2.45) is 4.99 Å². The van der Waals surface area contributed by atoms with Crippen molar-refractivity contribution in [1.82, 2.24) is 4.90 Å². The van der Waals surface area contributed by atoms with Crippen LogP contribution < -0.4 is 14.2 Å². The van der Waals surface area contributed by atoms with Crippen LogP contribution in [0, 0.1) is 0 Å². The maximum absolute atomic E-state index is 12.3. The van der Waals surface area contributed by atoms with Crippen molar-refractivity contribution in [3.8, 4) is 17.2 Å². The molecule has 0 aliphatic carbocycles. The Hall–Kier alpha value is -2.15. The summed E-state index contributed by atoms with van der Waals surface area (Å²) >= 11 is 1.32. The highest BCUT2D eigenvalue weighted by Gasteiger charge is 2.30. The Bertz CT molecular complexity index is 630. The molecule has 2 rings (SSSR count). The Morgan fingerprint density at radius 1 is 1.14 bits per heavy atom. The standard InChI is InChI=1S/C15H18N2O4S/c1-16-15-17(2)14(18)13(22-15)8-10-11(20-4)6-9(19-3)7-12(10)21-5/h6-8H,1-5H3/b13-8-,16-15?. The molecule has 22 heavy (non-hydrogen) atoms. The highest BCUT2D eigenvalue weighted by atomic mass is 32.2. The van der Waals surface area contributed by atoms with Gasteiger partial charge in [0.15, 0.2) is 5.17 Å². The lowest BCUT2D eigenvalue weighted by atomic mass is 10.1. The zero-order valence-electron chi connectivity index (χ0n) is 13.2. The zero-order chi connectivity index (χ0) is 16.3. The van der Waals surface area contributed by atoms with Crippen molar-refractivity contribution in [3.05, 3.63) is 22.6 Å². The molecular formula is C15H18N2O4S. The van der Waals surface area contributed by atoms with Crippen molar-refractivity contribution in [2.75, 3.05) is 35.4 Å². The average Bonchev–Trinajstić information content (AvgIpc) is 2.82. The van der Waals surface area contributed by atoms with Gasteiger partial charge in [0.1, 0.15) is 17.2 Å². The molecule has 1 aliphatic rings. The van der Waals surface area contributed by atoms with Gasteiger partial charge < -0.3 is 14.2 Å². The monoisotopic (exact) mass is 322 g/mol. The molecule has 0 radical (unpaired) electrons. The quantitative estimate of drug-likeness (QED) is 0.796. The summed E-state index contributed by atoms with van der Waals surface area (Å²) in [7, 11) is 8.04. The molecule has 1 aliphatic heterocycles. The minimum atomic E-state index is -0.106. The molecule has 1 aromatic carbocycles. The lowest BCUT2D eigenvalue weighted by Crippen LogP contribution is -2.23. The van der Waals surface area contributed by atoms with E-state index in [2.05, 4.69) is 4.99 Å². The smallest absolute Gasteiger partial charge is 0.266 e. The average molecular weight is 322 g/mol. The maximum atomic E-state index is 12.3. The molecule has 0 unspecified atom stereocenters. The molecule has 7 heteroatoms. The Balaban J connectivity index is 2.53. The molecule has 0 bridgehead atoms. The van der Waals surface area contributed by atoms with Gasteiger partial charge in [-0.2, -0.15) is 0 Å². The van der Waals surface area contributed by atoms with Crippen LogP contribution in [0.15, 0.2) is 22.0 Å². The lowest BCUT2D eigenvalue weighted by molar-refractivity contribution is -0.121. The van der Waals surface area contributed by atoms with Gasteiger partial charge in [-0.3, -0.25) is 14.7 Å². The largest absolute Gasteiger partial charge is 0.496 e. The number of hydrogen-bond acceptors (Lipinski definition) is 6. The number of carbonyl (C=O) groups excluding carboxylic acids is 1. The number of amidine groups is 1. The summed E-state index contributed by atoms with van der Waals surface area (Å²) in [6.07, 6.45) is 1.75. The second-order valence-corrected chi connectivity index (χ2v) is 5.44. The van der Waals surface area contributed by atoms with Gasteiger partial charge in [-0.05, 0) is 17.8 Å². The number of rotatable bonds is 4. The Morgan fingerprint density at radius 3 is 2.14 bits per heavy atom. The molecule has 118 valence electrons. The molecule has 0 atom stereocenters. The van der Waals surface area contributed by atoms with Crippen molar-refractivity contribution in [1.29, 1.82) is 0 Å². The number of methoxy groups -OCH3 is 3. The van der Waals surface area contributed by atoms with Crippen LogP contribution in [-0.2, 0) is 4.79 Å². The van der Waals surface area contributed by atoms with E-state index in [0.29, 0.717) is 32.9 Å². The first-order valence-corrected chi connectivity index (χ1v) is 7.31. The predicted molar refractivity (Wildman–Crippen MR) is 87.8 cm³/mol. The first kappa shape index (κ1) is 16.2. The van der Waals surface area contributed by atoms with E-state index in [4.69, 9.17) is 14.2 Å². The van der Waals surface area contributed by atoms with Gasteiger partial charge in [0.2, 0.25) is 0 Å². The van der Waals surface area contributed by atoms with Crippen LogP contribution >= 0.6 is 11.8 Å². The van der Waals surface area contributed by atoms with E-state index in [1.807, 2.05) is 0 Å². The maximum Gasteiger partial charge on any atom is 0.266 e. The molecule has 6 nitrogen and oxygen atoms in total. The Morgan fingerprint density at radius 2 is 1.73 bits per heavy atom. The number of carbonyl (C=O) groups is 1. The van der Waals surface area contributed by atoms with Crippen LogP contribution in [-0.4, -0.2) is 51.4 Å². The predicted octanol–water partition coefficient (Wildman–Crippen LogP) is 2.24. The van der Waals surface area contributed by atoms with E-state index < -0.39 is 0 Å². The molecular weight excluding hydrogens is 304 g/mol. The van der Waals surface area contributed by atoms with Crippen LogP contribution in [0.2, 0.25) is 0 Å². The van der Waals surface area contributed by atoms with E-state index in [1.165, 1.54) is 16.7 Å². The van der Waals surface area contributed by atoms with Crippen LogP contribution in [0.5, 0.6) is 17.2 Å². The summed E-state index contributed by atoms with van der Waals surface area (Å²) in [6.45, 7) is 0. The summed E-state index contributed by atoms with van der Waals surface area (Å²) < 4.78 is 16.0. The molecule has 1 fully saturated rings. The fraction of sp³-hybridized carbons (Fsp3) is 0.333. The molecule has 1 amide bonds. The molecule has 1 aromatic rings. The van der Waals surface area contributed by atoms with Crippen LogP contribution in [0.1, 0.15) is 5.56 Å². The van der Waals surface area contributed by atoms with E-state index in [0.717, 1.165) is 0 Å². The summed E-state index contributed by atoms with van der Waals surface area (Å²) in [5.41, 5.74) is 0.687. The first-order chi connectivity index (χ1) is 10.5. The van der Waals surface area contributed by atoms with E-state index >= 15 is 0 Å². The minimum Gasteiger partial charge on any atom is -0.496 e. The van der Waals surface area contributed by atoms with Gasteiger partial charge in [-0.15, -0.1) is 0 Å². The van der Waals surface area contributed by atoms with Crippen LogP contribution in [0.4, 0.5) is 0 Å². The van der Waals surface area contributed by atoms with Crippen molar-refractivity contribution in [3.63, 3.8) is 0 Å². The second-order valence-electron chi connectivity index (χ2n) is 4.43. The number of amides is 1. The number of likely N-dealkylation sites (N-methyl/N-ethyl adjacent to an activating group) is 1. The topological polar surface area (TPSA) is 60.4 Å².